The molecule has 2 aromatic carbocycles. The van der Waals surface area contributed by atoms with Crippen LogP contribution in [0, 0.1) is 0 Å². The first-order valence-corrected chi connectivity index (χ1v) is 11.2. The quantitative estimate of drug-likeness (QED) is 0.356. The molecule has 4 aromatic rings. The molecule has 3 N–H and O–H groups in total. The Morgan fingerprint density at radius 3 is 2.50 bits per heavy atom. The fourth-order valence-corrected chi connectivity index (χ4v) is 4.08. The standard InChI is InChI=1S/C27H27N5O2/c1-32(2)15-16-34-22-7-3-19(4-8-22)27-29-25(18-11-13-28-14-12-18)26(30-27)21-5-9-23-20(17-21)6-10-24(23)31-33/h3-9,11-14,17,31,33H,10,15-16H2,1-2H3,(H,29,30). The summed E-state index contributed by atoms with van der Waals surface area (Å²) in [5, 5.41) is 11.5. The number of rotatable bonds is 8. The predicted molar refractivity (Wildman–Crippen MR) is 133 cm³/mol. The van der Waals surface area contributed by atoms with Gasteiger partial charge in [0.15, 0.2) is 0 Å². The number of imidazole rings is 1. The van der Waals surface area contributed by atoms with Crippen molar-refractivity contribution in [2.75, 3.05) is 27.2 Å². The number of hydrogen-bond donors (Lipinski definition) is 3. The zero-order valence-electron chi connectivity index (χ0n) is 19.2. The highest BCUT2D eigenvalue weighted by Crippen LogP contribution is 2.32. The Kier molecular flexibility index (Phi) is 6.12. The number of likely N-dealkylation sites (N-methyl/N-ethyl adjacent to an activating group) is 1. The van der Waals surface area contributed by atoms with E-state index in [4.69, 9.17) is 9.72 Å². The summed E-state index contributed by atoms with van der Waals surface area (Å²) < 4.78 is 5.83. The van der Waals surface area contributed by atoms with Crippen molar-refractivity contribution in [3.63, 3.8) is 0 Å². The zero-order valence-corrected chi connectivity index (χ0v) is 19.2. The zero-order chi connectivity index (χ0) is 23.5. The maximum absolute atomic E-state index is 9.37. The monoisotopic (exact) mass is 453 g/mol. The van der Waals surface area contributed by atoms with Gasteiger partial charge in [0.1, 0.15) is 18.2 Å². The topological polar surface area (TPSA) is 86.3 Å². The molecular weight excluding hydrogens is 426 g/mol. The van der Waals surface area contributed by atoms with Gasteiger partial charge in [-0.05, 0) is 61.8 Å². The normalized spacial score (nSPS) is 12.5. The molecule has 0 saturated heterocycles. The number of benzene rings is 2. The molecule has 0 unspecified atom stereocenters. The molecule has 0 aliphatic heterocycles. The molecule has 0 fully saturated rings. The van der Waals surface area contributed by atoms with Gasteiger partial charge in [0, 0.05) is 53.0 Å². The van der Waals surface area contributed by atoms with E-state index in [1.165, 1.54) is 0 Å². The van der Waals surface area contributed by atoms with Crippen molar-refractivity contribution in [1.29, 1.82) is 0 Å². The van der Waals surface area contributed by atoms with E-state index in [0.29, 0.717) is 13.0 Å². The van der Waals surface area contributed by atoms with Crippen LogP contribution in [-0.2, 0) is 0 Å². The number of aromatic amines is 1. The number of hydroxylamine groups is 1. The number of nitrogens with one attached hydrogen (secondary N) is 2. The summed E-state index contributed by atoms with van der Waals surface area (Å²) in [7, 11) is 4.06. The van der Waals surface area contributed by atoms with Crippen molar-refractivity contribution >= 4 is 11.8 Å². The summed E-state index contributed by atoms with van der Waals surface area (Å²) >= 11 is 0. The fourth-order valence-electron chi connectivity index (χ4n) is 4.08. The van der Waals surface area contributed by atoms with Gasteiger partial charge in [-0.2, -0.15) is 0 Å². The minimum absolute atomic E-state index is 0.643. The van der Waals surface area contributed by atoms with Crippen LogP contribution in [0.5, 0.6) is 5.75 Å². The number of ether oxygens (including phenoxy) is 1. The van der Waals surface area contributed by atoms with Gasteiger partial charge in [-0.15, -0.1) is 0 Å². The van der Waals surface area contributed by atoms with Crippen molar-refractivity contribution in [3.05, 3.63) is 77.4 Å². The Bertz CT molecular complexity index is 1410. The molecule has 2 aromatic heterocycles. The summed E-state index contributed by atoms with van der Waals surface area (Å²) in [5.74, 6) is 1.63. The molecule has 7 nitrogen and oxygen atoms in total. The summed E-state index contributed by atoms with van der Waals surface area (Å²) in [5.41, 5.74) is 7.93. The van der Waals surface area contributed by atoms with Gasteiger partial charge in [0.2, 0.25) is 0 Å². The van der Waals surface area contributed by atoms with Gasteiger partial charge >= 0.3 is 0 Å². The van der Waals surface area contributed by atoms with E-state index < -0.39 is 0 Å². The number of pyridine rings is 1. The van der Waals surface area contributed by atoms with Crippen LogP contribution in [0.15, 0.2) is 67.0 Å². The van der Waals surface area contributed by atoms with Crippen molar-refractivity contribution in [3.8, 4) is 39.7 Å². The van der Waals surface area contributed by atoms with Gasteiger partial charge in [-0.25, -0.2) is 4.98 Å². The second-order valence-corrected chi connectivity index (χ2v) is 8.52. The number of H-pyrrole nitrogens is 1. The number of hydrogen-bond acceptors (Lipinski definition) is 6. The van der Waals surface area contributed by atoms with Gasteiger partial charge in [0.05, 0.1) is 11.4 Å². The first-order chi connectivity index (χ1) is 16.6. The minimum atomic E-state index is 0.643. The lowest BCUT2D eigenvalue weighted by atomic mass is 10.0. The summed E-state index contributed by atoms with van der Waals surface area (Å²) in [6.45, 7) is 1.51. The van der Waals surface area contributed by atoms with Crippen LogP contribution in [0.25, 0.3) is 45.7 Å². The molecule has 0 amide bonds. The van der Waals surface area contributed by atoms with Gasteiger partial charge in [-0.1, -0.05) is 18.2 Å². The molecule has 0 bridgehead atoms. The Labute approximate surface area is 198 Å². The van der Waals surface area contributed by atoms with E-state index in [-0.39, 0.29) is 0 Å². The Balaban J connectivity index is 1.52. The second kappa shape index (κ2) is 9.51. The van der Waals surface area contributed by atoms with Crippen LogP contribution in [0.4, 0.5) is 0 Å². The van der Waals surface area contributed by atoms with Crippen molar-refractivity contribution in [2.24, 2.45) is 0 Å². The molecule has 0 saturated carbocycles. The average Bonchev–Trinajstić information content (AvgIpc) is 3.49. The Morgan fingerprint density at radius 2 is 1.76 bits per heavy atom. The van der Waals surface area contributed by atoms with Gasteiger partial charge in [0.25, 0.3) is 0 Å². The molecule has 172 valence electrons. The van der Waals surface area contributed by atoms with Crippen LogP contribution in [-0.4, -0.2) is 52.3 Å². The lowest BCUT2D eigenvalue weighted by molar-refractivity contribution is 0.221. The van der Waals surface area contributed by atoms with Crippen LogP contribution in [0.2, 0.25) is 0 Å². The summed E-state index contributed by atoms with van der Waals surface area (Å²) in [6, 6.07) is 18.1. The van der Waals surface area contributed by atoms with E-state index in [1.54, 1.807) is 12.4 Å². The molecule has 0 spiro atoms. The SMILES string of the molecule is CN(C)CCOc1ccc(-c2nc(-c3ccc4c(c3)=CCC=4NO)c(-c3ccncc3)[nH]2)cc1. The highest BCUT2D eigenvalue weighted by Gasteiger charge is 2.16. The third-order valence-electron chi connectivity index (χ3n) is 5.92. The highest BCUT2D eigenvalue weighted by molar-refractivity contribution is 5.81. The smallest absolute Gasteiger partial charge is 0.138 e. The molecule has 0 atom stereocenters. The highest BCUT2D eigenvalue weighted by atomic mass is 16.5. The van der Waals surface area contributed by atoms with E-state index in [9.17, 15) is 5.21 Å². The van der Waals surface area contributed by atoms with E-state index in [0.717, 1.165) is 62.3 Å². The van der Waals surface area contributed by atoms with Crippen LogP contribution < -0.4 is 20.7 Å². The van der Waals surface area contributed by atoms with Crippen molar-refractivity contribution in [2.45, 2.75) is 6.42 Å². The van der Waals surface area contributed by atoms with E-state index >= 15 is 0 Å². The maximum atomic E-state index is 9.37. The largest absolute Gasteiger partial charge is 0.492 e. The molecular formula is C27H27N5O2. The molecule has 1 aliphatic rings. The predicted octanol–water partition coefficient (Wildman–Crippen LogP) is 3.02. The maximum Gasteiger partial charge on any atom is 0.138 e. The first kappa shape index (κ1) is 21.9. The van der Waals surface area contributed by atoms with Gasteiger partial charge < -0.3 is 14.6 Å². The Morgan fingerprint density at radius 1 is 1.00 bits per heavy atom. The lowest BCUT2D eigenvalue weighted by Crippen LogP contribution is -2.26. The lowest BCUT2D eigenvalue weighted by Gasteiger charge is -2.11. The number of nitrogens with zero attached hydrogens (tertiary/aromatic N) is 3. The third-order valence-corrected chi connectivity index (χ3v) is 5.92. The molecule has 7 heteroatoms. The first-order valence-electron chi connectivity index (χ1n) is 11.2. The van der Waals surface area contributed by atoms with Crippen molar-refractivity contribution in [1.82, 2.24) is 25.3 Å². The van der Waals surface area contributed by atoms with Crippen LogP contribution in [0.1, 0.15) is 6.42 Å². The molecule has 34 heavy (non-hydrogen) atoms. The number of aromatic nitrogens is 3. The molecule has 5 rings (SSSR count). The minimum Gasteiger partial charge on any atom is -0.492 e. The number of fused-ring (bicyclic) bond motifs is 1. The van der Waals surface area contributed by atoms with Crippen LogP contribution in [0.3, 0.4) is 0 Å². The molecule has 1 aliphatic carbocycles. The summed E-state index contributed by atoms with van der Waals surface area (Å²) in [4.78, 5) is 14.8. The van der Waals surface area contributed by atoms with E-state index in [2.05, 4.69) is 32.5 Å². The fraction of sp³-hybridized carbons (Fsp3) is 0.185. The van der Waals surface area contributed by atoms with Crippen molar-refractivity contribution < 1.29 is 9.94 Å². The Hall–Kier alpha value is -3.94. The molecule has 2 heterocycles. The molecule has 0 radical (unpaired) electrons. The average molecular weight is 454 g/mol. The van der Waals surface area contributed by atoms with E-state index in [1.807, 2.05) is 62.6 Å². The van der Waals surface area contributed by atoms with Crippen LogP contribution >= 0.6 is 0 Å². The second-order valence-electron chi connectivity index (χ2n) is 8.52. The van der Waals surface area contributed by atoms with Gasteiger partial charge in [-0.3, -0.25) is 15.7 Å². The third kappa shape index (κ3) is 4.44. The summed E-state index contributed by atoms with van der Waals surface area (Å²) in [6.07, 6.45) is 6.35.